The molecule has 2 aromatic carbocycles. The zero-order valence-electron chi connectivity index (χ0n) is 17.3. The number of methoxy groups -OCH3 is 2. The van der Waals surface area contributed by atoms with Gasteiger partial charge in [-0.25, -0.2) is 4.98 Å². The van der Waals surface area contributed by atoms with E-state index in [9.17, 15) is 14.7 Å². The Hall–Kier alpha value is -3.17. The molecule has 10 heteroatoms. The number of phenols is 1. The van der Waals surface area contributed by atoms with Gasteiger partial charge in [0.2, 0.25) is 11.7 Å². The molecule has 1 aliphatic rings. The Morgan fingerprint density at radius 2 is 1.81 bits per heavy atom. The van der Waals surface area contributed by atoms with Gasteiger partial charge in [0.05, 0.1) is 19.8 Å². The van der Waals surface area contributed by atoms with Crippen LogP contribution >= 0.6 is 23.4 Å². The van der Waals surface area contributed by atoms with E-state index in [1.54, 1.807) is 24.3 Å². The van der Waals surface area contributed by atoms with Crippen LogP contribution in [0, 0.1) is 0 Å². The van der Waals surface area contributed by atoms with Gasteiger partial charge < -0.3 is 24.9 Å². The first-order chi connectivity index (χ1) is 15.4. The standard InChI is InChI=1S/C22H20ClN3O5S/c1-30-15-7-12(8-16(31-2)19(15)28)14-9-17(27)24-20-18(14)21(29)26-22(25-20)32-10-11-3-5-13(23)6-4-11/h3-8,14,28H,9-10H2,1-2H3,(H2,24,25,26,27,29)/t14-/m0/s1. The number of aromatic amines is 1. The van der Waals surface area contributed by atoms with E-state index in [2.05, 4.69) is 15.3 Å². The number of phenolic OH excluding ortho intramolecular Hbond substituents is 1. The Bertz CT molecular complexity index is 1200. The van der Waals surface area contributed by atoms with Gasteiger partial charge in [0.15, 0.2) is 16.7 Å². The summed E-state index contributed by atoms with van der Waals surface area (Å²) in [5, 5.41) is 13.9. The van der Waals surface area contributed by atoms with Crippen LogP contribution in [-0.4, -0.2) is 35.2 Å². The van der Waals surface area contributed by atoms with Gasteiger partial charge >= 0.3 is 0 Å². The molecule has 2 heterocycles. The molecule has 8 nitrogen and oxygen atoms in total. The van der Waals surface area contributed by atoms with Gasteiger partial charge in [0.25, 0.3) is 5.56 Å². The Kier molecular flexibility index (Phi) is 6.29. The monoisotopic (exact) mass is 473 g/mol. The lowest BCUT2D eigenvalue weighted by Gasteiger charge is -2.25. The summed E-state index contributed by atoms with van der Waals surface area (Å²) in [6.45, 7) is 0. The predicted octanol–water partition coefficient (Wildman–Crippen LogP) is 3.91. The molecule has 0 aliphatic carbocycles. The lowest BCUT2D eigenvalue weighted by molar-refractivity contribution is -0.116. The molecule has 1 amide bonds. The van der Waals surface area contributed by atoms with E-state index in [0.717, 1.165) is 5.56 Å². The van der Waals surface area contributed by atoms with E-state index in [0.29, 0.717) is 27.1 Å². The Morgan fingerprint density at radius 1 is 1.16 bits per heavy atom. The third kappa shape index (κ3) is 4.39. The summed E-state index contributed by atoms with van der Waals surface area (Å²) >= 11 is 7.26. The maximum absolute atomic E-state index is 13.0. The number of rotatable bonds is 6. The Balaban J connectivity index is 1.69. The van der Waals surface area contributed by atoms with Crippen molar-refractivity contribution in [3.8, 4) is 17.2 Å². The third-order valence-corrected chi connectivity index (χ3v) is 6.32. The molecule has 4 rings (SSSR count). The van der Waals surface area contributed by atoms with E-state index in [1.165, 1.54) is 26.0 Å². The number of fused-ring (bicyclic) bond motifs is 1. The zero-order valence-corrected chi connectivity index (χ0v) is 18.8. The smallest absolute Gasteiger partial charge is 0.257 e. The van der Waals surface area contributed by atoms with Gasteiger partial charge in [-0.1, -0.05) is 35.5 Å². The van der Waals surface area contributed by atoms with Gasteiger partial charge in [-0.2, -0.15) is 0 Å². The van der Waals surface area contributed by atoms with Crippen LogP contribution in [0.1, 0.15) is 29.0 Å². The summed E-state index contributed by atoms with van der Waals surface area (Å²) in [4.78, 5) is 32.7. The van der Waals surface area contributed by atoms with E-state index >= 15 is 0 Å². The van der Waals surface area contributed by atoms with E-state index in [4.69, 9.17) is 21.1 Å². The van der Waals surface area contributed by atoms with Crippen molar-refractivity contribution in [2.24, 2.45) is 0 Å². The van der Waals surface area contributed by atoms with Gasteiger partial charge in [0.1, 0.15) is 5.82 Å². The van der Waals surface area contributed by atoms with Crippen molar-refractivity contribution in [1.29, 1.82) is 0 Å². The number of H-pyrrole nitrogens is 1. The normalized spacial score (nSPS) is 15.1. The summed E-state index contributed by atoms with van der Waals surface area (Å²) < 4.78 is 10.4. The molecular formula is C22H20ClN3O5S. The summed E-state index contributed by atoms with van der Waals surface area (Å²) in [6.07, 6.45) is 0.0477. The molecule has 1 aromatic heterocycles. The van der Waals surface area contributed by atoms with Crippen molar-refractivity contribution in [3.63, 3.8) is 0 Å². The first-order valence-electron chi connectivity index (χ1n) is 9.65. The van der Waals surface area contributed by atoms with Crippen molar-refractivity contribution in [1.82, 2.24) is 9.97 Å². The number of anilines is 1. The molecule has 32 heavy (non-hydrogen) atoms. The van der Waals surface area contributed by atoms with Gasteiger partial charge in [0, 0.05) is 23.1 Å². The molecule has 3 N–H and O–H groups in total. The molecule has 166 valence electrons. The maximum atomic E-state index is 13.0. The summed E-state index contributed by atoms with van der Waals surface area (Å²) in [5.41, 5.74) is 1.62. The molecule has 0 saturated carbocycles. The molecule has 0 bridgehead atoms. The number of aromatic nitrogens is 2. The summed E-state index contributed by atoms with van der Waals surface area (Å²) in [5.74, 6) is 0.175. The number of carbonyl (C=O) groups excluding carboxylic acids is 1. The number of ether oxygens (including phenoxy) is 2. The third-order valence-electron chi connectivity index (χ3n) is 5.12. The summed E-state index contributed by atoms with van der Waals surface area (Å²) in [7, 11) is 2.83. The van der Waals surface area contributed by atoms with Crippen molar-refractivity contribution < 1.29 is 19.4 Å². The second-order valence-corrected chi connectivity index (χ2v) is 8.53. The number of halogens is 1. The van der Waals surface area contributed by atoms with Crippen LogP contribution in [-0.2, 0) is 10.5 Å². The predicted molar refractivity (Wildman–Crippen MR) is 122 cm³/mol. The zero-order chi connectivity index (χ0) is 22.8. The molecule has 0 fully saturated rings. The SMILES string of the molecule is COc1cc([C@@H]2CC(=O)Nc3nc(SCc4ccc(Cl)cc4)[nH]c(=O)c32)cc(OC)c1O. The lowest BCUT2D eigenvalue weighted by atomic mass is 9.86. The Labute approximate surface area is 192 Å². The molecule has 0 unspecified atom stereocenters. The van der Waals surface area contributed by atoms with Crippen LogP contribution in [0.5, 0.6) is 17.2 Å². The minimum atomic E-state index is -0.575. The first-order valence-corrected chi connectivity index (χ1v) is 11.0. The van der Waals surface area contributed by atoms with Crippen molar-refractivity contribution in [2.45, 2.75) is 23.2 Å². The van der Waals surface area contributed by atoms with Gasteiger partial charge in [-0.05, 0) is 35.4 Å². The molecule has 3 aromatic rings. The lowest BCUT2D eigenvalue weighted by Crippen LogP contribution is -2.31. The number of aromatic hydroxyl groups is 1. The van der Waals surface area contributed by atoms with E-state index in [-0.39, 0.29) is 41.0 Å². The number of nitrogens with one attached hydrogen (secondary N) is 2. The van der Waals surface area contributed by atoms with Crippen molar-refractivity contribution in [2.75, 3.05) is 19.5 Å². The van der Waals surface area contributed by atoms with Crippen LogP contribution in [0.2, 0.25) is 5.02 Å². The maximum Gasteiger partial charge on any atom is 0.257 e. The largest absolute Gasteiger partial charge is 0.502 e. The van der Waals surface area contributed by atoms with E-state index in [1.807, 2.05) is 12.1 Å². The highest BCUT2D eigenvalue weighted by atomic mass is 35.5. The second-order valence-electron chi connectivity index (χ2n) is 7.13. The number of carbonyl (C=O) groups is 1. The number of benzene rings is 2. The van der Waals surface area contributed by atoms with Gasteiger partial charge in [-0.3, -0.25) is 9.59 Å². The number of hydrogen-bond acceptors (Lipinski definition) is 7. The van der Waals surface area contributed by atoms with Crippen LogP contribution in [0.25, 0.3) is 0 Å². The first kappa shape index (κ1) is 22.0. The van der Waals surface area contributed by atoms with Crippen LogP contribution in [0.4, 0.5) is 5.82 Å². The van der Waals surface area contributed by atoms with Crippen LogP contribution in [0.3, 0.4) is 0 Å². The highest BCUT2D eigenvalue weighted by molar-refractivity contribution is 7.98. The number of thioether (sulfide) groups is 1. The average Bonchev–Trinajstić information content (AvgIpc) is 2.78. The van der Waals surface area contributed by atoms with Crippen molar-refractivity contribution in [3.05, 3.63) is 68.5 Å². The molecule has 0 saturated heterocycles. The fourth-order valence-corrected chi connectivity index (χ4v) is 4.49. The highest BCUT2D eigenvalue weighted by Gasteiger charge is 2.32. The van der Waals surface area contributed by atoms with Gasteiger partial charge in [-0.15, -0.1) is 0 Å². The fourth-order valence-electron chi connectivity index (χ4n) is 3.55. The molecular weight excluding hydrogens is 454 g/mol. The number of hydrogen-bond donors (Lipinski definition) is 3. The van der Waals surface area contributed by atoms with Crippen LogP contribution < -0.4 is 20.3 Å². The molecule has 1 atom stereocenters. The Morgan fingerprint density at radius 3 is 2.44 bits per heavy atom. The van der Waals surface area contributed by atoms with Crippen LogP contribution in [0.15, 0.2) is 46.3 Å². The summed E-state index contributed by atoms with van der Waals surface area (Å²) in [6, 6.07) is 10.6. The quantitative estimate of drug-likeness (QED) is 0.367. The topological polar surface area (TPSA) is 114 Å². The molecule has 1 aliphatic heterocycles. The number of nitrogens with zero attached hydrogens (tertiary/aromatic N) is 1. The minimum absolute atomic E-state index is 0.0477. The highest BCUT2D eigenvalue weighted by Crippen LogP contribution is 2.43. The number of amides is 1. The van der Waals surface area contributed by atoms with E-state index < -0.39 is 5.92 Å². The van der Waals surface area contributed by atoms with Crippen molar-refractivity contribution >= 4 is 35.1 Å². The average molecular weight is 474 g/mol. The fraction of sp³-hybridized carbons (Fsp3) is 0.227. The minimum Gasteiger partial charge on any atom is -0.502 e. The second kappa shape index (κ2) is 9.13. The molecule has 0 spiro atoms. The molecule has 0 radical (unpaired) electrons.